The molecule has 1 aliphatic carbocycles. The maximum absolute atomic E-state index is 13.0. The van der Waals surface area contributed by atoms with Gasteiger partial charge in [-0.2, -0.15) is 0 Å². The third-order valence-electron chi connectivity index (χ3n) is 8.97. The van der Waals surface area contributed by atoms with E-state index in [0.717, 1.165) is 11.1 Å². The number of hydrogen-bond donors (Lipinski definition) is 2. The van der Waals surface area contributed by atoms with Crippen molar-refractivity contribution in [1.82, 2.24) is 0 Å². The summed E-state index contributed by atoms with van der Waals surface area (Å²) >= 11 is 0. The summed E-state index contributed by atoms with van der Waals surface area (Å²) in [5, 5.41) is 6.01. The second-order valence-corrected chi connectivity index (χ2v) is 12.1. The Morgan fingerprint density at radius 3 is 1.20 bits per heavy atom. The van der Waals surface area contributed by atoms with Gasteiger partial charge in [-0.05, 0) is 95.8 Å². The van der Waals surface area contributed by atoms with E-state index in [2.05, 4.69) is 83.4 Å². The van der Waals surface area contributed by atoms with E-state index < -0.39 is 17.6 Å². The van der Waals surface area contributed by atoms with Crippen molar-refractivity contribution < 1.29 is 19.1 Å². The standard InChI is InChI=1S/C43H36N2O4/c1-29(48-35-13-5-3-6-14-35)41(46)44-33-25-21-31(22-26-33)43(39-19-11-9-17-37(39)38-18-10-12-20-40(38)43)32-23-27-34(28-24-32)45-42(47)30(2)49-36-15-7-4-8-16-36/h3-30H,1-2H3,(H,44,46)(H,45,47)/t29-,30-/m1/s1. The first-order valence-corrected chi connectivity index (χ1v) is 16.4. The maximum Gasteiger partial charge on any atom is 0.265 e. The Balaban J connectivity index is 1.19. The SMILES string of the molecule is C[C@@H](Oc1ccccc1)C(=O)Nc1ccc(C2(c3ccc(NC(=O)[C@@H](C)Oc4ccccc4)cc3)c3ccccc3-c3ccccc32)cc1. The quantitative estimate of drug-likeness (QED) is 0.156. The fraction of sp³-hybridized carbons (Fsp3) is 0.116. The number of anilines is 2. The number of nitrogens with one attached hydrogen (secondary N) is 2. The Morgan fingerprint density at radius 2 is 0.816 bits per heavy atom. The predicted octanol–water partition coefficient (Wildman–Crippen LogP) is 8.86. The minimum Gasteiger partial charge on any atom is -0.481 e. The number of amides is 2. The van der Waals surface area contributed by atoms with Crippen LogP contribution in [0.2, 0.25) is 0 Å². The molecule has 0 bridgehead atoms. The van der Waals surface area contributed by atoms with Crippen LogP contribution in [0.25, 0.3) is 11.1 Å². The first-order chi connectivity index (χ1) is 23.9. The highest BCUT2D eigenvalue weighted by Crippen LogP contribution is 2.56. The van der Waals surface area contributed by atoms with E-state index in [1.165, 1.54) is 22.3 Å². The van der Waals surface area contributed by atoms with E-state index in [1.807, 2.05) is 84.9 Å². The van der Waals surface area contributed by atoms with Crippen molar-refractivity contribution in [1.29, 1.82) is 0 Å². The molecule has 2 atom stereocenters. The van der Waals surface area contributed by atoms with Gasteiger partial charge < -0.3 is 20.1 Å². The van der Waals surface area contributed by atoms with Gasteiger partial charge in [0.1, 0.15) is 11.5 Å². The van der Waals surface area contributed by atoms with Crippen LogP contribution in [0.15, 0.2) is 158 Å². The molecule has 0 spiro atoms. The summed E-state index contributed by atoms with van der Waals surface area (Å²) < 4.78 is 11.7. The molecule has 0 saturated heterocycles. The van der Waals surface area contributed by atoms with Crippen LogP contribution in [0.1, 0.15) is 36.1 Å². The zero-order chi connectivity index (χ0) is 33.8. The molecule has 6 nitrogen and oxygen atoms in total. The topological polar surface area (TPSA) is 76.7 Å². The van der Waals surface area contributed by atoms with Crippen molar-refractivity contribution in [3.8, 4) is 22.6 Å². The summed E-state index contributed by atoms with van der Waals surface area (Å²) in [5.41, 5.74) is 7.51. The van der Waals surface area contributed by atoms with Crippen LogP contribution < -0.4 is 20.1 Å². The third kappa shape index (κ3) is 6.17. The van der Waals surface area contributed by atoms with Crippen LogP contribution in [-0.2, 0) is 15.0 Å². The molecule has 1 aliphatic rings. The monoisotopic (exact) mass is 644 g/mol. The second kappa shape index (κ2) is 13.5. The van der Waals surface area contributed by atoms with Crippen molar-refractivity contribution in [3.63, 3.8) is 0 Å². The number of fused-ring (bicyclic) bond motifs is 3. The smallest absolute Gasteiger partial charge is 0.265 e. The minimum absolute atomic E-state index is 0.232. The average molecular weight is 645 g/mol. The molecule has 0 aromatic heterocycles. The van der Waals surface area contributed by atoms with Crippen LogP contribution in [0.4, 0.5) is 11.4 Å². The number of hydrogen-bond acceptors (Lipinski definition) is 4. The molecule has 0 radical (unpaired) electrons. The highest BCUT2D eigenvalue weighted by atomic mass is 16.5. The molecule has 0 fully saturated rings. The molecule has 7 rings (SSSR count). The molecule has 2 amide bonds. The van der Waals surface area contributed by atoms with Gasteiger partial charge >= 0.3 is 0 Å². The van der Waals surface area contributed by atoms with Crippen molar-refractivity contribution >= 4 is 23.2 Å². The summed E-state index contributed by atoms with van der Waals surface area (Å²) in [6.45, 7) is 3.47. The molecule has 6 aromatic rings. The van der Waals surface area contributed by atoms with Crippen molar-refractivity contribution in [3.05, 3.63) is 180 Å². The molecular formula is C43H36N2O4. The van der Waals surface area contributed by atoms with Gasteiger partial charge in [0.25, 0.3) is 11.8 Å². The molecule has 2 N–H and O–H groups in total. The Bertz CT molecular complexity index is 1930. The first-order valence-electron chi connectivity index (χ1n) is 16.4. The van der Waals surface area contributed by atoms with Crippen LogP contribution in [0.3, 0.4) is 0 Å². The maximum atomic E-state index is 13.0. The zero-order valence-corrected chi connectivity index (χ0v) is 27.3. The molecule has 0 unspecified atom stereocenters. The van der Waals surface area contributed by atoms with E-state index in [-0.39, 0.29) is 11.8 Å². The zero-order valence-electron chi connectivity index (χ0n) is 27.3. The van der Waals surface area contributed by atoms with E-state index in [4.69, 9.17) is 9.47 Å². The van der Waals surface area contributed by atoms with Crippen molar-refractivity contribution in [2.75, 3.05) is 10.6 Å². The van der Waals surface area contributed by atoms with Gasteiger partial charge in [-0.25, -0.2) is 0 Å². The molecule has 6 aromatic carbocycles. The van der Waals surface area contributed by atoms with Gasteiger partial charge in [0.05, 0.1) is 5.41 Å². The van der Waals surface area contributed by atoms with E-state index in [0.29, 0.717) is 22.9 Å². The lowest BCUT2D eigenvalue weighted by molar-refractivity contribution is -0.122. The minimum atomic E-state index is -0.672. The number of carbonyl (C=O) groups excluding carboxylic acids is 2. The summed E-state index contributed by atoms with van der Waals surface area (Å²) in [4.78, 5) is 26.1. The van der Waals surface area contributed by atoms with Gasteiger partial charge in [0.2, 0.25) is 0 Å². The molecule has 0 saturated carbocycles. The molecule has 0 heterocycles. The average Bonchev–Trinajstić information content (AvgIpc) is 3.44. The Kier molecular flexibility index (Phi) is 8.69. The van der Waals surface area contributed by atoms with E-state index >= 15 is 0 Å². The van der Waals surface area contributed by atoms with Gasteiger partial charge in [0, 0.05) is 11.4 Å². The molecule has 49 heavy (non-hydrogen) atoms. The van der Waals surface area contributed by atoms with Gasteiger partial charge in [0.15, 0.2) is 12.2 Å². The fourth-order valence-corrected chi connectivity index (χ4v) is 6.63. The molecule has 0 aliphatic heterocycles. The lowest BCUT2D eigenvalue weighted by Crippen LogP contribution is -2.31. The van der Waals surface area contributed by atoms with Crippen LogP contribution in [0, 0.1) is 0 Å². The Hall–Kier alpha value is -6.14. The van der Waals surface area contributed by atoms with Crippen LogP contribution in [0.5, 0.6) is 11.5 Å². The fourth-order valence-electron chi connectivity index (χ4n) is 6.63. The van der Waals surface area contributed by atoms with Crippen molar-refractivity contribution in [2.24, 2.45) is 0 Å². The normalized spacial score (nSPS) is 13.7. The molecule has 6 heteroatoms. The Morgan fingerprint density at radius 1 is 0.469 bits per heavy atom. The van der Waals surface area contributed by atoms with E-state index in [1.54, 1.807) is 13.8 Å². The van der Waals surface area contributed by atoms with E-state index in [9.17, 15) is 9.59 Å². The lowest BCUT2D eigenvalue weighted by atomic mass is 9.67. The molecular weight excluding hydrogens is 608 g/mol. The third-order valence-corrected chi connectivity index (χ3v) is 8.97. The predicted molar refractivity (Wildman–Crippen MR) is 194 cm³/mol. The van der Waals surface area contributed by atoms with Crippen LogP contribution >= 0.6 is 0 Å². The second-order valence-electron chi connectivity index (χ2n) is 12.1. The van der Waals surface area contributed by atoms with Gasteiger partial charge in [-0.15, -0.1) is 0 Å². The summed E-state index contributed by atoms with van der Waals surface area (Å²) in [6.07, 6.45) is -1.34. The summed E-state index contributed by atoms with van der Waals surface area (Å²) in [5.74, 6) is 0.816. The largest absolute Gasteiger partial charge is 0.481 e. The lowest BCUT2D eigenvalue weighted by Gasteiger charge is -2.34. The first kappa shape index (κ1) is 31.5. The summed E-state index contributed by atoms with van der Waals surface area (Å²) in [7, 11) is 0. The number of ether oxygens (including phenoxy) is 2. The van der Waals surface area contributed by atoms with Crippen LogP contribution in [-0.4, -0.2) is 24.0 Å². The van der Waals surface area contributed by atoms with Gasteiger partial charge in [-0.1, -0.05) is 109 Å². The Labute approximate surface area is 286 Å². The summed E-state index contributed by atoms with van der Waals surface area (Å²) in [6, 6.07) is 51.7. The van der Waals surface area contributed by atoms with Gasteiger partial charge in [-0.3, -0.25) is 9.59 Å². The highest BCUT2D eigenvalue weighted by Gasteiger charge is 2.45. The number of rotatable bonds is 10. The molecule has 242 valence electrons. The number of carbonyl (C=O) groups is 2. The number of para-hydroxylation sites is 2. The van der Waals surface area contributed by atoms with Crippen molar-refractivity contribution in [2.45, 2.75) is 31.5 Å². The number of benzene rings is 6. The highest BCUT2D eigenvalue weighted by molar-refractivity contribution is 5.95.